The standard InChI is InChI=1S/C13H20N2O3S/c1-14(9-12-5-3-2-4-6-12)19(17,18)15-8-7-13(10-15)11-16/h2-6,13,16H,7-11H2,1H3. The molecule has 106 valence electrons. The van der Waals surface area contributed by atoms with E-state index in [-0.39, 0.29) is 12.5 Å². The van der Waals surface area contributed by atoms with Gasteiger partial charge >= 0.3 is 0 Å². The Bertz CT molecular complexity index is 504. The molecule has 1 aromatic rings. The van der Waals surface area contributed by atoms with Crippen LogP contribution in [-0.2, 0) is 16.8 Å². The van der Waals surface area contributed by atoms with Crippen molar-refractivity contribution in [1.29, 1.82) is 0 Å². The van der Waals surface area contributed by atoms with Gasteiger partial charge in [0, 0.05) is 33.3 Å². The van der Waals surface area contributed by atoms with E-state index in [9.17, 15) is 8.42 Å². The summed E-state index contributed by atoms with van der Waals surface area (Å²) in [5.74, 6) is 0.0694. The molecular formula is C13H20N2O3S. The predicted octanol–water partition coefficient (Wildman–Crippen LogP) is 0.677. The Morgan fingerprint density at radius 2 is 2.05 bits per heavy atom. The molecule has 0 radical (unpaired) electrons. The third-order valence-electron chi connectivity index (χ3n) is 3.47. The highest BCUT2D eigenvalue weighted by Crippen LogP contribution is 2.21. The normalized spacial score (nSPS) is 21.1. The number of benzene rings is 1. The van der Waals surface area contributed by atoms with E-state index in [2.05, 4.69) is 0 Å². The van der Waals surface area contributed by atoms with E-state index in [0.29, 0.717) is 19.6 Å². The highest BCUT2D eigenvalue weighted by molar-refractivity contribution is 7.86. The zero-order chi connectivity index (χ0) is 13.9. The highest BCUT2D eigenvalue weighted by Gasteiger charge is 2.33. The molecule has 5 nitrogen and oxygen atoms in total. The number of rotatable bonds is 5. The second-order valence-electron chi connectivity index (χ2n) is 4.94. The van der Waals surface area contributed by atoms with Crippen molar-refractivity contribution in [2.75, 3.05) is 26.7 Å². The van der Waals surface area contributed by atoms with Gasteiger partial charge in [0.1, 0.15) is 0 Å². The van der Waals surface area contributed by atoms with Gasteiger partial charge in [-0.15, -0.1) is 0 Å². The lowest BCUT2D eigenvalue weighted by atomic mass is 10.1. The van der Waals surface area contributed by atoms with Crippen molar-refractivity contribution >= 4 is 10.2 Å². The number of hydrogen-bond donors (Lipinski definition) is 1. The van der Waals surface area contributed by atoms with Crippen LogP contribution in [0.1, 0.15) is 12.0 Å². The minimum absolute atomic E-state index is 0.0500. The van der Waals surface area contributed by atoms with Gasteiger partial charge in [-0.3, -0.25) is 0 Å². The first kappa shape index (κ1) is 14.5. The van der Waals surface area contributed by atoms with Crippen molar-refractivity contribution in [2.24, 2.45) is 5.92 Å². The van der Waals surface area contributed by atoms with Crippen molar-refractivity contribution in [3.05, 3.63) is 35.9 Å². The molecule has 0 spiro atoms. The van der Waals surface area contributed by atoms with Crippen molar-refractivity contribution in [1.82, 2.24) is 8.61 Å². The van der Waals surface area contributed by atoms with Gasteiger partial charge in [0.25, 0.3) is 10.2 Å². The van der Waals surface area contributed by atoms with Crippen LogP contribution in [0, 0.1) is 5.92 Å². The second kappa shape index (κ2) is 6.00. The molecule has 1 saturated heterocycles. The van der Waals surface area contributed by atoms with Crippen LogP contribution in [0.25, 0.3) is 0 Å². The number of aliphatic hydroxyl groups excluding tert-OH is 1. The molecule has 1 aliphatic rings. The predicted molar refractivity (Wildman–Crippen MR) is 73.6 cm³/mol. The molecule has 1 unspecified atom stereocenters. The van der Waals surface area contributed by atoms with E-state index in [1.807, 2.05) is 30.3 Å². The van der Waals surface area contributed by atoms with E-state index in [0.717, 1.165) is 12.0 Å². The molecule has 6 heteroatoms. The first-order valence-electron chi connectivity index (χ1n) is 6.40. The van der Waals surface area contributed by atoms with Crippen molar-refractivity contribution < 1.29 is 13.5 Å². The molecule has 0 aliphatic carbocycles. The van der Waals surface area contributed by atoms with E-state index in [1.165, 1.54) is 8.61 Å². The maximum Gasteiger partial charge on any atom is 0.282 e. The second-order valence-corrected chi connectivity index (χ2v) is 6.98. The first-order chi connectivity index (χ1) is 9.04. The van der Waals surface area contributed by atoms with E-state index in [1.54, 1.807) is 7.05 Å². The summed E-state index contributed by atoms with van der Waals surface area (Å²) in [5, 5.41) is 9.09. The molecule has 1 heterocycles. The Labute approximate surface area is 114 Å². The molecule has 1 N–H and O–H groups in total. The summed E-state index contributed by atoms with van der Waals surface area (Å²) in [7, 11) is -1.83. The number of aliphatic hydroxyl groups is 1. The van der Waals surface area contributed by atoms with Crippen LogP contribution in [0.4, 0.5) is 0 Å². The molecule has 1 fully saturated rings. The van der Waals surface area contributed by atoms with Gasteiger partial charge in [0.15, 0.2) is 0 Å². The number of nitrogens with zero attached hydrogens (tertiary/aromatic N) is 2. The van der Waals surface area contributed by atoms with Gasteiger partial charge in [0.05, 0.1) is 0 Å². The third kappa shape index (κ3) is 3.33. The fourth-order valence-electron chi connectivity index (χ4n) is 2.27. The summed E-state index contributed by atoms with van der Waals surface area (Å²) in [5.41, 5.74) is 0.964. The fraction of sp³-hybridized carbons (Fsp3) is 0.538. The summed E-state index contributed by atoms with van der Waals surface area (Å²) in [6.45, 7) is 1.32. The van der Waals surface area contributed by atoms with E-state index in [4.69, 9.17) is 5.11 Å². The zero-order valence-corrected chi connectivity index (χ0v) is 11.9. The molecule has 1 aliphatic heterocycles. The van der Waals surface area contributed by atoms with Crippen LogP contribution >= 0.6 is 0 Å². The zero-order valence-electron chi connectivity index (χ0n) is 11.1. The van der Waals surface area contributed by atoms with Crippen LogP contribution in [0.5, 0.6) is 0 Å². The maximum absolute atomic E-state index is 12.4. The quantitative estimate of drug-likeness (QED) is 0.865. The van der Waals surface area contributed by atoms with Crippen molar-refractivity contribution in [2.45, 2.75) is 13.0 Å². The molecule has 0 bridgehead atoms. The molecule has 0 aromatic heterocycles. The van der Waals surface area contributed by atoms with Crippen LogP contribution in [-0.4, -0.2) is 48.9 Å². The summed E-state index contributed by atoms with van der Waals surface area (Å²) >= 11 is 0. The molecule has 1 atom stereocenters. The lowest BCUT2D eigenvalue weighted by molar-refractivity contribution is 0.232. The lowest BCUT2D eigenvalue weighted by Crippen LogP contribution is -2.40. The monoisotopic (exact) mass is 284 g/mol. The Morgan fingerprint density at radius 1 is 1.37 bits per heavy atom. The highest BCUT2D eigenvalue weighted by atomic mass is 32.2. The van der Waals surface area contributed by atoms with Gasteiger partial charge in [-0.1, -0.05) is 30.3 Å². The molecule has 2 rings (SSSR count). The van der Waals surface area contributed by atoms with Gasteiger partial charge in [0.2, 0.25) is 0 Å². The maximum atomic E-state index is 12.4. The molecular weight excluding hydrogens is 264 g/mol. The molecule has 19 heavy (non-hydrogen) atoms. The third-order valence-corrected chi connectivity index (χ3v) is 5.38. The summed E-state index contributed by atoms with van der Waals surface area (Å²) in [6, 6.07) is 9.52. The van der Waals surface area contributed by atoms with Crippen molar-refractivity contribution in [3.63, 3.8) is 0 Å². The summed E-state index contributed by atoms with van der Waals surface area (Å²) < 4.78 is 27.6. The average Bonchev–Trinajstić information content (AvgIpc) is 2.89. The van der Waals surface area contributed by atoms with Crippen LogP contribution in [0.3, 0.4) is 0 Å². The van der Waals surface area contributed by atoms with Gasteiger partial charge < -0.3 is 5.11 Å². The SMILES string of the molecule is CN(Cc1ccccc1)S(=O)(=O)N1CCC(CO)C1. The van der Waals surface area contributed by atoms with Crippen LogP contribution < -0.4 is 0 Å². The Morgan fingerprint density at radius 3 is 2.63 bits per heavy atom. The average molecular weight is 284 g/mol. The van der Waals surface area contributed by atoms with Crippen LogP contribution in [0.15, 0.2) is 30.3 Å². The van der Waals surface area contributed by atoms with Gasteiger partial charge in [-0.25, -0.2) is 0 Å². The first-order valence-corrected chi connectivity index (χ1v) is 7.80. The van der Waals surface area contributed by atoms with Gasteiger partial charge in [-0.2, -0.15) is 17.0 Å². The molecule has 0 saturated carbocycles. The summed E-state index contributed by atoms with van der Waals surface area (Å²) in [6.07, 6.45) is 0.731. The largest absolute Gasteiger partial charge is 0.396 e. The minimum Gasteiger partial charge on any atom is -0.396 e. The molecule has 0 amide bonds. The lowest BCUT2D eigenvalue weighted by Gasteiger charge is -2.24. The van der Waals surface area contributed by atoms with E-state index < -0.39 is 10.2 Å². The summed E-state index contributed by atoms with van der Waals surface area (Å²) in [4.78, 5) is 0. The Hall–Kier alpha value is -0.950. The Balaban J connectivity index is 2.03. The Kier molecular flexibility index (Phi) is 4.57. The van der Waals surface area contributed by atoms with Crippen molar-refractivity contribution in [3.8, 4) is 0 Å². The van der Waals surface area contributed by atoms with Gasteiger partial charge in [-0.05, 0) is 17.9 Å². The van der Waals surface area contributed by atoms with Crippen LogP contribution in [0.2, 0.25) is 0 Å². The van der Waals surface area contributed by atoms with E-state index >= 15 is 0 Å². The smallest absolute Gasteiger partial charge is 0.282 e. The fourth-order valence-corrected chi connectivity index (χ4v) is 3.72. The molecule has 1 aromatic carbocycles. The topological polar surface area (TPSA) is 60.9 Å². The number of hydrogen-bond acceptors (Lipinski definition) is 3. The minimum atomic E-state index is -3.42.